The number of hydrogen-bond donors (Lipinski definition) is 0. The Morgan fingerprint density at radius 3 is 2.85 bits per heavy atom. The Labute approximate surface area is 80.0 Å². The molecular weight excluding hydrogens is 182 g/mol. The second-order valence-electron chi connectivity index (χ2n) is 2.60. The van der Waals surface area contributed by atoms with Gasteiger partial charge in [0.25, 0.3) is 0 Å². The van der Waals surface area contributed by atoms with E-state index >= 15 is 0 Å². The van der Waals surface area contributed by atoms with E-state index in [0.29, 0.717) is 11.1 Å². The molecule has 0 bridgehead atoms. The molecule has 0 aliphatic carbocycles. The number of benzene rings is 1. The molecule has 1 heterocycles. The van der Waals surface area contributed by atoms with Crippen LogP contribution in [0.15, 0.2) is 34.7 Å². The lowest BCUT2D eigenvalue weighted by Crippen LogP contribution is -1.77. The van der Waals surface area contributed by atoms with Crippen molar-refractivity contribution in [3.63, 3.8) is 0 Å². The predicted octanol–water partition coefficient (Wildman–Crippen LogP) is 3.03. The summed E-state index contributed by atoms with van der Waals surface area (Å²) in [6, 6.07) is 11.2. The molecule has 3 heteroatoms. The quantitative estimate of drug-likeness (QED) is 0.595. The van der Waals surface area contributed by atoms with Crippen LogP contribution < -0.4 is 0 Å². The number of para-hydroxylation sites is 1. The van der Waals surface area contributed by atoms with E-state index < -0.39 is 0 Å². The zero-order valence-electron chi connectivity index (χ0n) is 6.65. The third-order valence-electron chi connectivity index (χ3n) is 1.76. The van der Waals surface area contributed by atoms with E-state index in [4.69, 9.17) is 21.9 Å². The van der Waals surface area contributed by atoms with Gasteiger partial charge in [0.15, 0.2) is 0 Å². The van der Waals surface area contributed by atoms with E-state index in [9.17, 15) is 0 Å². The zero-order chi connectivity index (χ0) is 9.26. The lowest BCUT2D eigenvalue weighted by molar-refractivity contribution is 0.584. The molecule has 13 heavy (non-hydrogen) atoms. The van der Waals surface area contributed by atoms with Gasteiger partial charge in [-0.15, -0.1) is 0 Å². The second-order valence-corrected chi connectivity index (χ2v) is 2.97. The van der Waals surface area contributed by atoms with E-state index in [1.165, 1.54) is 0 Å². The summed E-state index contributed by atoms with van der Waals surface area (Å²) in [5, 5.41) is 9.60. The van der Waals surface area contributed by atoms with Crippen LogP contribution in [0, 0.1) is 16.0 Å². The molecule has 0 N–H and O–H groups in total. The number of fused-ring (bicyclic) bond motifs is 1. The summed E-state index contributed by atoms with van der Waals surface area (Å²) in [6.07, 6.45) is 0. The standard InChI is InChI=1S/C10H5NOS/c11-6-8-5-7-3-1-2-4-9(7)12-10(8)13/h1-5H. The van der Waals surface area contributed by atoms with E-state index in [1.54, 1.807) is 6.07 Å². The van der Waals surface area contributed by atoms with Crippen LogP contribution in [0.3, 0.4) is 0 Å². The maximum atomic E-state index is 8.70. The van der Waals surface area contributed by atoms with Gasteiger partial charge in [-0.25, -0.2) is 0 Å². The first-order chi connectivity index (χ1) is 6.31. The van der Waals surface area contributed by atoms with Gasteiger partial charge < -0.3 is 4.42 Å². The van der Waals surface area contributed by atoms with Crippen LogP contribution >= 0.6 is 12.2 Å². The molecule has 0 aliphatic rings. The molecule has 1 aromatic carbocycles. The Balaban J connectivity index is 2.91. The fourth-order valence-corrected chi connectivity index (χ4v) is 1.33. The number of rotatable bonds is 0. The van der Waals surface area contributed by atoms with Crippen LogP contribution in [-0.4, -0.2) is 0 Å². The molecule has 62 valence electrons. The first-order valence-electron chi connectivity index (χ1n) is 3.74. The lowest BCUT2D eigenvalue weighted by atomic mass is 10.2. The topological polar surface area (TPSA) is 36.9 Å². The van der Waals surface area contributed by atoms with Crippen LogP contribution in [0.25, 0.3) is 11.0 Å². The van der Waals surface area contributed by atoms with Crippen molar-refractivity contribution in [2.75, 3.05) is 0 Å². The van der Waals surface area contributed by atoms with E-state index in [2.05, 4.69) is 0 Å². The van der Waals surface area contributed by atoms with Gasteiger partial charge in [-0.3, -0.25) is 0 Å². The first kappa shape index (κ1) is 7.96. The highest BCUT2D eigenvalue weighted by atomic mass is 32.1. The highest BCUT2D eigenvalue weighted by Gasteiger charge is 1.99. The maximum absolute atomic E-state index is 8.70. The Kier molecular flexibility index (Phi) is 1.84. The molecule has 0 spiro atoms. The van der Waals surface area contributed by atoms with Crippen molar-refractivity contribution >= 4 is 23.2 Å². The Hall–Kier alpha value is -1.66. The third-order valence-corrected chi connectivity index (χ3v) is 2.07. The normalized spacial score (nSPS) is 9.77. The van der Waals surface area contributed by atoms with Crippen LogP contribution in [0.1, 0.15) is 5.56 Å². The molecular formula is C10H5NOS. The average molecular weight is 187 g/mol. The largest absolute Gasteiger partial charge is 0.444 e. The first-order valence-corrected chi connectivity index (χ1v) is 4.15. The Bertz CT molecular complexity index is 551. The highest BCUT2D eigenvalue weighted by Crippen LogP contribution is 2.16. The summed E-state index contributed by atoms with van der Waals surface area (Å²) < 4.78 is 5.53. The van der Waals surface area contributed by atoms with Crippen LogP contribution in [-0.2, 0) is 0 Å². The number of nitrogens with zero attached hydrogens (tertiary/aromatic N) is 1. The minimum atomic E-state index is 0.251. The fraction of sp³-hybridized carbons (Fsp3) is 0. The number of nitriles is 1. The summed E-state index contributed by atoms with van der Waals surface area (Å²) in [4.78, 5) is 0. The highest BCUT2D eigenvalue weighted by molar-refractivity contribution is 7.71. The summed E-state index contributed by atoms with van der Waals surface area (Å²) in [5.41, 5.74) is 1.13. The van der Waals surface area contributed by atoms with Crippen molar-refractivity contribution in [3.05, 3.63) is 40.6 Å². The van der Waals surface area contributed by atoms with Gasteiger partial charge in [0, 0.05) is 5.39 Å². The smallest absolute Gasteiger partial charge is 0.208 e. The lowest BCUT2D eigenvalue weighted by Gasteiger charge is -1.95. The molecule has 2 nitrogen and oxygen atoms in total. The predicted molar refractivity (Wildman–Crippen MR) is 51.8 cm³/mol. The minimum absolute atomic E-state index is 0.251. The van der Waals surface area contributed by atoms with Crippen molar-refractivity contribution in [1.82, 2.24) is 0 Å². The number of hydrogen-bond acceptors (Lipinski definition) is 3. The molecule has 0 atom stereocenters. The molecule has 2 aromatic rings. The molecule has 1 aromatic heterocycles. The van der Waals surface area contributed by atoms with Gasteiger partial charge >= 0.3 is 0 Å². The summed E-state index contributed by atoms with van der Waals surface area (Å²) in [7, 11) is 0. The van der Waals surface area contributed by atoms with E-state index in [-0.39, 0.29) is 4.71 Å². The van der Waals surface area contributed by atoms with Gasteiger partial charge in [-0.1, -0.05) is 18.2 Å². The molecule has 0 saturated heterocycles. The Morgan fingerprint density at radius 2 is 2.08 bits per heavy atom. The average Bonchev–Trinajstić information content (AvgIpc) is 2.17. The van der Waals surface area contributed by atoms with Crippen molar-refractivity contribution in [2.24, 2.45) is 0 Å². The van der Waals surface area contributed by atoms with Gasteiger partial charge in [0.1, 0.15) is 17.2 Å². The molecule has 0 fully saturated rings. The summed E-state index contributed by atoms with van der Waals surface area (Å²) in [5.74, 6) is 0. The Morgan fingerprint density at radius 1 is 1.31 bits per heavy atom. The van der Waals surface area contributed by atoms with Crippen LogP contribution in [0.4, 0.5) is 0 Å². The van der Waals surface area contributed by atoms with Crippen molar-refractivity contribution in [2.45, 2.75) is 0 Å². The van der Waals surface area contributed by atoms with Crippen molar-refractivity contribution < 1.29 is 4.42 Å². The second kappa shape index (κ2) is 3.00. The van der Waals surface area contributed by atoms with Gasteiger partial charge in [-0.2, -0.15) is 5.26 Å². The molecule has 0 unspecified atom stereocenters. The third kappa shape index (κ3) is 1.32. The summed E-state index contributed by atoms with van der Waals surface area (Å²) >= 11 is 4.89. The van der Waals surface area contributed by atoms with E-state index in [0.717, 1.165) is 5.39 Å². The van der Waals surface area contributed by atoms with E-state index in [1.807, 2.05) is 30.3 Å². The van der Waals surface area contributed by atoms with Gasteiger partial charge in [0.05, 0.1) is 0 Å². The van der Waals surface area contributed by atoms with Gasteiger partial charge in [-0.05, 0) is 24.4 Å². The monoisotopic (exact) mass is 187 g/mol. The molecule has 0 radical (unpaired) electrons. The molecule has 2 rings (SSSR count). The summed E-state index contributed by atoms with van der Waals surface area (Å²) in [6.45, 7) is 0. The minimum Gasteiger partial charge on any atom is -0.444 e. The van der Waals surface area contributed by atoms with Crippen LogP contribution in [0.5, 0.6) is 0 Å². The molecule has 0 saturated carbocycles. The van der Waals surface area contributed by atoms with Gasteiger partial charge in [0.2, 0.25) is 4.71 Å². The zero-order valence-corrected chi connectivity index (χ0v) is 7.47. The SMILES string of the molecule is N#Cc1cc2ccccc2oc1=S. The molecule has 0 amide bonds. The maximum Gasteiger partial charge on any atom is 0.208 e. The van der Waals surface area contributed by atoms with Crippen molar-refractivity contribution in [1.29, 1.82) is 5.26 Å². The van der Waals surface area contributed by atoms with Crippen LogP contribution in [0.2, 0.25) is 0 Å². The fourth-order valence-electron chi connectivity index (χ4n) is 1.14. The molecule has 0 aliphatic heterocycles. The van der Waals surface area contributed by atoms with Crippen molar-refractivity contribution in [3.8, 4) is 6.07 Å².